The van der Waals surface area contributed by atoms with E-state index in [1.807, 2.05) is 6.07 Å². The Bertz CT molecular complexity index is 1090. The molecule has 0 unspecified atom stereocenters. The Morgan fingerprint density at radius 1 is 1.03 bits per heavy atom. The van der Waals surface area contributed by atoms with E-state index in [0.29, 0.717) is 24.6 Å². The maximum atomic E-state index is 13.4. The Balaban J connectivity index is 1.30. The number of benzene rings is 2. The molecule has 1 aliphatic carbocycles. The first-order valence-electron chi connectivity index (χ1n) is 10.8. The van der Waals surface area contributed by atoms with Gasteiger partial charge in [0.2, 0.25) is 11.8 Å². The van der Waals surface area contributed by atoms with Crippen molar-refractivity contribution < 1.29 is 27.8 Å². The number of carbonyl (C=O) groups excluding carboxylic acids is 2. The molecule has 2 aliphatic rings. The van der Waals surface area contributed by atoms with Crippen molar-refractivity contribution >= 4 is 23.6 Å². The van der Waals surface area contributed by atoms with Crippen molar-refractivity contribution in [3.63, 3.8) is 0 Å². The normalized spacial score (nSPS) is 18.9. The third-order valence-electron chi connectivity index (χ3n) is 6.59. The molecule has 1 atom stereocenters. The van der Waals surface area contributed by atoms with Gasteiger partial charge in [-0.2, -0.15) is 0 Å². The van der Waals surface area contributed by atoms with Crippen LogP contribution in [0.2, 0.25) is 0 Å². The molecule has 2 aromatic rings. The summed E-state index contributed by atoms with van der Waals surface area (Å²) >= 11 is 0. The lowest BCUT2D eigenvalue weighted by Gasteiger charge is -2.32. The van der Waals surface area contributed by atoms with Gasteiger partial charge < -0.3 is 19.7 Å². The first-order chi connectivity index (χ1) is 15.8. The molecule has 1 aliphatic heterocycles. The molecule has 2 amide bonds. The fourth-order valence-electron chi connectivity index (χ4n) is 4.48. The van der Waals surface area contributed by atoms with E-state index in [4.69, 9.17) is 9.47 Å². The van der Waals surface area contributed by atoms with E-state index in [2.05, 4.69) is 5.32 Å². The number of ether oxygens (including phenoxy) is 2. The maximum absolute atomic E-state index is 13.4. The highest BCUT2D eigenvalue weighted by Crippen LogP contribution is 2.59. The summed E-state index contributed by atoms with van der Waals surface area (Å²) < 4.78 is 37.0. The van der Waals surface area contributed by atoms with E-state index < -0.39 is 11.6 Å². The molecule has 0 bridgehead atoms. The number of halogens is 2. The van der Waals surface area contributed by atoms with Gasteiger partial charge in [0.05, 0.1) is 14.2 Å². The maximum Gasteiger partial charge on any atom is 0.246 e. The molecule has 1 saturated carbocycles. The summed E-state index contributed by atoms with van der Waals surface area (Å²) in [4.78, 5) is 27.0. The van der Waals surface area contributed by atoms with Crippen LogP contribution in [-0.4, -0.2) is 44.0 Å². The van der Waals surface area contributed by atoms with Crippen molar-refractivity contribution in [1.29, 1.82) is 0 Å². The van der Waals surface area contributed by atoms with Gasteiger partial charge in [-0.25, -0.2) is 8.78 Å². The van der Waals surface area contributed by atoms with Crippen molar-refractivity contribution in [2.45, 2.75) is 19.3 Å². The zero-order valence-corrected chi connectivity index (χ0v) is 18.6. The standard InChI is InChI=1S/C25H26F2N2O4/c1-32-21-7-3-16(13-22(21)33-2)4-8-23(30)29-11-9-25(10-12-29)15-18(25)24(31)28-17-5-6-19(26)20(27)14-17/h3-8,13-14,18H,9-12,15H2,1-2H3,(H,28,31)/b8-4+/t18-/m1/s1. The van der Waals surface area contributed by atoms with Crippen LogP contribution >= 0.6 is 0 Å². The molecule has 2 fully saturated rings. The molecule has 6 nitrogen and oxygen atoms in total. The zero-order valence-electron chi connectivity index (χ0n) is 18.6. The van der Waals surface area contributed by atoms with Crippen LogP contribution in [0.3, 0.4) is 0 Å². The van der Waals surface area contributed by atoms with Gasteiger partial charge in [0.15, 0.2) is 23.1 Å². The number of nitrogens with zero attached hydrogens (tertiary/aromatic N) is 1. The molecular formula is C25H26F2N2O4. The number of rotatable bonds is 6. The van der Waals surface area contributed by atoms with Crippen LogP contribution in [0.1, 0.15) is 24.8 Å². The average molecular weight is 456 g/mol. The van der Waals surface area contributed by atoms with Crippen molar-refractivity contribution in [3.8, 4) is 11.5 Å². The number of piperidine rings is 1. The van der Waals surface area contributed by atoms with E-state index >= 15 is 0 Å². The molecule has 1 N–H and O–H groups in total. The second kappa shape index (κ2) is 9.21. The smallest absolute Gasteiger partial charge is 0.246 e. The van der Waals surface area contributed by atoms with E-state index in [1.54, 1.807) is 43.4 Å². The number of amides is 2. The highest BCUT2D eigenvalue weighted by molar-refractivity contribution is 5.95. The van der Waals surface area contributed by atoms with Gasteiger partial charge in [-0.3, -0.25) is 9.59 Å². The number of hydrogen-bond donors (Lipinski definition) is 1. The highest BCUT2D eigenvalue weighted by Gasteiger charge is 2.58. The van der Waals surface area contributed by atoms with Crippen molar-refractivity contribution in [2.75, 3.05) is 32.6 Å². The summed E-state index contributed by atoms with van der Waals surface area (Å²) in [5.74, 6) is -1.18. The van der Waals surface area contributed by atoms with E-state index in [0.717, 1.165) is 37.0 Å². The van der Waals surface area contributed by atoms with E-state index in [9.17, 15) is 18.4 Å². The molecule has 33 heavy (non-hydrogen) atoms. The van der Waals surface area contributed by atoms with Crippen LogP contribution in [0.5, 0.6) is 11.5 Å². The predicted octanol–water partition coefficient (Wildman–Crippen LogP) is 4.26. The Kier molecular flexibility index (Phi) is 6.35. The van der Waals surface area contributed by atoms with Gasteiger partial charge >= 0.3 is 0 Å². The molecule has 0 aromatic heterocycles. The summed E-state index contributed by atoms with van der Waals surface area (Å²) in [5.41, 5.74) is 0.950. The number of carbonyl (C=O) groups is 2. The first kappa shape index (κ1) is 22.8. The Hall–Kier alpha value is -3.42. The van der Waals surface area contributed by atoms with E-state index in [1.165, 1.54) is 6.07 Å². The minimum absolute atomic E-state index is 0.0805. The summed E-state index contributed by atoms with van der Waals surface area (Å²) in [6.07, 6.45) is 5.49. The fraction of sp³-hybridized carbons (Fsp3) is 0.360. The van der Waals surface area contributed by atoms with Crippen LogP contribution in [-0.2, 0) is 9.59 Å². The fourth-order valence-corrected chi connectivity index (χ4v) is 4.48. The van der Waals surface area contributed by atoms with Crippen LogP contribution < -0.4 is 14.8 Å². The highest BCUT2D eigenvalue weighted by atomic mass is 19.2. The number of anilines is 1. The first-order valence-corrected chi connectivity index (χ1v) is 10.8. The summed E-state index contributed by atoms with van der Waals surface area (Å²) in [6.45, 7) is 1.15. The molecule has 4 rings (SSSR count). The minimum atomic E-state index is -0.994. The summed E-state index contributed by atoms with van der Waals surface area (Å²) in [7, 11) is 3.13. The van der Waals surface area contributed by atoms with Crippen LogP contribution in [0, 0.1) is 23.0 Å². The molecule has 174 valence electrons. The van der Waals surface area contributed by atoms with Gasteiger partial charge in [0.25, 0.3) is 0 Å². The zero-order chi connectivity index (χ0) is 23.6. The summed E-state index contributed by atoms with van der Waals surface area (Å²) in [5, 5.41) is 2.68. The second-order valence-corrected chi connectivity index (χ2v) is 8.51. The molecule has 8 heteroatoms. The lowest BCUT2D eigenvalue weighted by atomic mass is 9.90. The van der Waals surface area contributed by atoms with Crippen LogP contribution in [0.15, 0.2) is 42.5 Å². The predicted molar refractivity (Wildman–Crippen MR) is 120 cm³/mol. The minimum Gasteiger partial charge on any atom is -0.493 e. The lowest BCUT2D eigenvalue weighted by molar-refractivity contribution is -0.127. The van der Waals surface area contributed by atoms with E-state index in [-0.39, 0.29) is 28.8 Å². The summed E-state index contributed by atoms with van der Waals surface area (Å²) in [6, 6.07) is 8.75. The number of methoxy groups -OCH3 is 2. The molecule has 0 radical (unpaired) electrons. The number of nitrogens with one attached hydrogen (secondary N) is 1. The second-order valence-electron chi connectivity index (χ2n) is 8.51. The SMILES string of the molecule is COc1ccc(/C=C/C(=O)N2CCC3(CC2)C[C@@H]3C(=O)Nc2ccc(F)c(F)c2)cc1OC. The van der Waals surface area contributed by atoms with Crippen molar-refractivity contribution in [1.82, 2.24) is 4.90 Å². The molecule has 2 aromatic carbocycles. The monoisotopic (exact) mass is 456 g/mol. The quantitative estimate of drug-likeness (QED) is 0.660. The number of likely N-dealkylation sites (tertiary alicyclic amines) is 1. The van der Waals surface area contributed by atoms with Gasteiger partial charge in [-0.1, -0.05) is 6.07 Å². The molecule has 1 saturated heterocycles. The molecule has 1 heterocycles. The van der Waals surface area contributed by atoms with Crippen LogP contribution in [0.25, 0.3) is 6.08 Å². The topological polar surface area (TPSA) is 67.9 Å². The van der Waals surface area contributed by atoms with Gasteiger partial charge in [-0.15, -0.1) is 0 Å². The molecular weight excluding hydrogens is 430 g/mol. The largest absolute Gasteiger partial charge is 0.493 e. The number of hydrogen-bond acceptors (Lipinski definition) is 4. The lowest BCUT2D eigenvalue weighted by Crippen LogP contribution is -2.39. The Labute approximate surface area is 191 Å². The van der Waals surface area contributed by atoms with Gasteiger partial charge in [0.1, 0.15) is 0 Å². The third-order valence-corrected chi connectivity index (χ3v) is 6.59. The van der Waals surface area contributed by atoms with Crippen molar-refractivity contribution in [2.24, 2.45) is 11.3 Å². The van der Waals surface area contributed by atoms with Crippen LogP contribution in [0.4, 0.5) is 14.5 Å². The van der Waals surface area contributed by atoms with Crippen molar-refractivity contribution in [3.05, 3.63) is 59.7 Å². The third kappa shape index (κ3) is 4.84. The Morgan fingerprint density at radius 3 is 2.42 bits per heavy atom. The van der Waals surface area contributed by atoms with Gasteiger partial charge in [0, 0.05) is 36.8 Å². The molecule has 1 spiro atoms. The van der Waals surface area contributed by atoms with Gasteiger partial charge in [-0.05, 0) is 60.6 Å². The average Bonchev–Trinajstić information content (AvgIpc) is 3.53. The Morgan fingerprint density at radius 2 is 1.76 bits per heavy atom.